The van der Waals surface area contributed by atoms with Crippen LogP contribution in [-0.4, -0.2) is 27.8 Å². The van der Waals surface area contributed by atoms with Crippen molar-refractivity contribution in [3.8, 4) is 11.3 Å². The Bertz CT molecular complexity index is 751. The Kier molecular flexibility index (Phi) is 4.68. The molecule has 2 rings (SSSR count). The number of Topliss-reactive ketones (excluding diaryl/α,β-unsaturated/α-hetero) is 1. The molecule has 0 unspecified atom stereocenters. The smallest absolute Gasteiger partial charge is 0.270 e. The second kappa shape index (κ2) is 6.50. The predicted octanol–water partition coefficient (Wildman–Crippen LogP) is 2.49. The highest BCUT2D eigenvalue weighted by molar-refractivity contribution is 7.94. The van der Waals surface area contributed by atoms with Crippen molar-refractivity contribution in [3.05, 3.63) is 40.2 Å². The van der Waals surface area contributed by atoms with Gasteiger partial charge in [-0.15, -0.1) is 0 Å². The van der Waals surface area contributed by atoms with Crippen LogP contribution in [0.25, 0.3) is 11.3 Å². The van der Waals surface area contributed by atoms with Crippen molar-refractivity contribution in [3.63, 3.8) is 0 Å². The maximum atomic E-state index is 11.8. The molecule has 2 aromatic rings. The molecular formula is C13H12N4O4S. The zero-order valence-corrected chi connectivity index (χ0v) is 12.6. The van der Waals surface area contributed by atoms with E-state index in [1.54, 1.807) is 0 Å². The van der Waals surface area contributed by atoms with Crippen LogP contribution in [0.3, 0.4) is 0 Å². The van der Waals surface area contributed by atoms with E-state index in [0.29, 0.717) is 16.3 Å². The monoisotopic (exact) mass is 320 g/mol. The first-order chi connectivity index (χ1) is 10.5. The number of nitro groups is 1. The van der Waals surface area contributed by atoms with E-state index < -0.39 is 4.92 Å². The number of carbonyl (C=O) groups excluding carboxylic acids is 1. The number of rotatable bonds is 5. The van der Waals surface area contributed by atoms with E-state index in [4.69, 9.17) is 9.92 Å². The molecule has 0 aliphatic rings. The van der Waals surface area contributed by atoms with E-state index in [1.807, 2.05) is 0 Å². The average molecular weight is 320 g/mol. The van der Waals surface area contributed by atoms with Crippen molar-refractivity contribution in [1.29, 1.82) is 0 Å². The molecule has 22 heavy (non-hydrogen) atoms. The first-order valence-corrected chi connectivity index (χ1v) is 6.80. The molecule has 1 aromatic carbocycles. The van der Waals surface area contributed by atoms with Crippen LogP contribution < -0.4 is 5.73 Å². The molecule has 1 aromatic heterocycles. The van der Waals surface area contributed by atoms with Gasteiger partial charge < -0.3 is 9.92 Å². The Morgan fingerprint density at radius 2 is 2.14 bits per heavy atom. The molecule has 0 radical (unpaired) electrons. The van der Waals surface area contributed by atoms with Crippen LogP contribution in [0.2, 0.25) is 0 Å². The molecule has 0 spiro atoms. The Hall–Kier alpha value is -2.52. The van der Waals surface area contributed by atoms with Crippen LogP contribution in [0, 0.1) is 10.1 Å². The van der Waals surface area contributed by atoms with Gasteiger partial charge in [-0.1, -0.05) is 0 Å². The fraction of sp³-hybridized carbons (Fsp3) is 0.154. The summed E-state index contributed by atoms with van der Waals surface area (Å²) >= 11 is 0.964. The molecule has 0 saturated heterocycles. The summed E-state index contributed by atoms with van der Waals surface area (Å²) < 4.78 is 4.92. The van der Waals surface area contributed by atoms with Crippen molar-refractivity contribution in [1.82, 2.24) is 9.97 Å². The highest BCUT2D eigenvalue weighted by Gasteiger charge is 2.19. The van der Waals surface area contributed by atoms with Crippen LogP contribution >= 0.6 is 12.0 Å². The first kappa shape index (κ1) is 15.9. The minimum Gasteiger partial charge on any atom is -0.395 e. The maximum absolute atomic E-state index is 11.8. The van der Waals surface area contributed by atoms with Crippen LogP contribution in [0.15, 0.2) is 29.6 Å². The lowest BCUT2D eigenvalue weighted by atomic mass is 10.00. The Balaban J connectivity index is 2.64. The maximum Gasteiger partial charge on any atom is 0.270 e. The summed E-state index contributed by atoms with van der Waals surface area (Å²) in [5.41, 5.74) is 6.98. The Morgan fingerprint density at radius 3 is 2.73 bits per heavy atom. The minimum absolute atomic E-state index is 0.173. The summed E-state index contributed by atoms with van der Waals surface area (Å²) in [6, 6.07) is 3.96. The average Bonchev–Trinajstić information content (AvgIpc) is 2.49. The van der Waals surface area contributed by atoms with Gasteiger partial charge in [0.15, 0.2) is 10.8 Å². The van der Waals surface area contributed by atoms with Gasteiger partial charge in [-0.3, -0.25) is 14.9 Å². The van der Waals surface area contributed by atoms with Crippen molar-refractivity contribution in [2.75, 3.05) is 12.8 Å². The second-order valence-electron chi connectivity index (χ2n) is 4.23. The lowest BCUT2D eigenvalue weighted by Crippen LogP contribution is -2.03. The molecule has 0 aliphatic heterocycles. The summed E-state index contributed by atoms with van der Waals surface area (Å²) in [6.45, 7) is 1.32. The third kappa shape index (κ3) is 3.05. The number of benzene rings is 1. The number of nitrogens with zero attached hydrogens (tertiary/aromatic N) is 3. The highest BCUT2D eigenvalue weighted by Crippen LogP contribution is 2.34. The summed E-state index contributed by atoms with van der Waals surface area (Å²) in [6.07, 6.45) is 1.29. The molecule has 2 N–H and O–H groups in total. The van der Waals surface area contributed by atoms with E-state index in [-0.39, 0.29) is 22.7 Å². The van der Waals surface area contributed by atoms with Gasteiger partial charge in [0.1, 0.15) is 6.33 Å². The van der Waals surface area contributed by atoms with E-state index in [1.165, 1.54) is 38.6 Å². The van der Waals surface area contributed by atoms with Crippen LogP contribution in [-0.2, 0) is 4.18 Å². The largest absolute Gasteiger partial charge is 0.395 e. The lowest BCUT2D eigenvalue weighted by Gasteiger charge is -2.10. The minimum atomic E-state index is -0.564. The topological polar surface area (TPSA) is 121 Å². The number of nitrogen functional groups attached to an aromatic ring is 1. The SMILES string of the molecule is COSc1ncnc(-c2ccc([N+](=O)[O-])cc2C(C)=O)c1N. The zero-order chi connectivity index (χ0) is 16.3. The van der Waals surface area contributed by atoms with Gasteiger partial charge in [0.25, 0.3) is 5.69 Å². The zero-order valence-electron chi connectivity index (χ0n) is 11.8. The Labute approximate surface area is 130 Å². The molecule has 9 heteroatoms. The van der Waals surface area contributed by atoms with Crippen LogP contribution in [0.5, 0.6) is 0 Å². The summed E-state index contributed by atoms with van der Waals surface area (Å²) in [4.78, 5) is 30.2. The van der Waals surface area contributed by atoms with Gasteiger partial charge in [-0.25, -0.2) is 9.97 Å². The predicted molar refractivity (Wildman–Crippen MR) is 81.4 cm³/mol. The number of carbonyl (C=O) groups is 1. The number of ketones is 1. The molecule has 0 aliphatic carbocycles. The number of aromatic nitrogens is 2. The van der Waals surface area contributed by atoms with Gasteiger partial charge in [0, 0.05) is 23.3 Å². The summed E-state index contributed by atoms with van der Waals surface area (Å²) in [5, 5.41) is 11.3. The molecule has 0 amide bonds. The third-order valence-corrected chi connectivity index (χ3v) is 3.51. The van der Waals surface area contributed by atoms with E-state index in [2.05, 4.69) is 9.97 Å². The number of hydrogen-bond donors (Lipinski definition) is 1. The van der Waals surface area contributed by atoms with Gasteiger partial charge in [0.2, 0.25) is 0 Å². The molecular weight excluding hydrogens is 308 g/mol. The fourth-order valence-electron chi connectivity index (χ4n) is 1.88. The molecule has 0 bridgehead atoms. The molecule has 1 heterocycles. The molecule has 114 valence electrons. The number of non-ortho nitro benzene ring substituents is 1. The molecule has 8 nitrogen and oxygen atoms in total. The number of anilines is 1. The lowest BCUT2D eigenvalue weighted by molar-refractivity contribution is -0.384. The number of nitro benzene ring substituents is 1. The first-order valence-electron chi connectivity index (χ1n) is 6.06. The van der Waals surface area contributed by atoms with Gasteiger partial charge >= 0.3 is 0 Å². The third-order valence-electron chi connectivity index (χ3n) is 2.86. The Morgan fingerprint density at radius 1 is 1.41 bits per heavy atom. The molecule has 0 atom stereocenters. The highest BCUT2D eigenvalue weighted by atomic mass is 32.2. The van der Waals surface area contributed by atoms with Crippen molar-refractivity contribution < 1.29 is 13.9 Å². The summed E-state index contributed by atoms with van der Waals surface area (Å²) in [7, 11) is 1.47. The standard InChI is InChI=1S/C13H12N4O4S/c1-7(18)10-5-8(17(19)20)3-4-9(10)12-11(14)13(22-21-2)16-6-15-12/h3-6H,14H2,1-2H3. The second-order valence-corrected chi connectivity index (χ2v) is 5.12. The van der Waals surface area contributed by atoms with Gasteiger partial charge in [-0.2, -0.15) is 0 Å². The normalized spacial score (nSPS) is 10.5. The fourth-order valence-corrected chi connectivity index (χ4v) is 2.32. The number of hydrogen-bond acceptors (Lipinski definition) is 8. The number of nitrogens with two attached hydrogens (primary N) is 1. The summed E-state index contributed by atoms with van der Waals surface area (Å²) in [5.74, 6) is -0.322. The van der Waals surface area contributed by atoms with E-state index in [9.17, 15) is 14.9 Å². The quantitative estimate of drug-likeness (QED) is 0.293. The van der Waals surface area contributed by atoms with Crippen LogP contribution in [0.4, 0.5) is 11.4 Å². The molecule has 0 fully saturated rings. The van der Waals surface area contributed by atoms with Crippen molar-refractivity contribution in [2.24, 2.45) is 0 Å². The van der Waals surface area contributed by atoms with Gasteiger partial charge in [-0.05, 0) is 13.0 Å². The van der Waals surface area contributed by atoms with Crippen molar-refractivity contribution >= 4 is 29.2 Å². The van der Waals surface area contributed by atoms with Gasteiger partial charge in [0.05, 0.1) is 35.5 Å². The van der Waals surface area contributed by atoms with Crippen LogP contribution in [0.1, 0.15) is 17.3 Å². The van der Waals surface area contributed by atoms with Crippen molar-refractivity contribution in [2.45, 2.75) is 11.9 Å². The van der Waals surface area contributed by atoms with E-state index in [0.717, 1.165) is 12.0 Å². The van der Waals surface area contributed by atoms with E-state index >= 15 is 0 Å². The molecule has 0 saturated carbocycles.